The van der Waals surface area contributed by atoms with Crippen LogP contribution in [-0.2, 0) is 0 Å². The summed E-state index contributed by atoms with van der Waals surface area (Å²) in [5, 5.41) is 3.13. The first-order valence-electron chi connectivity index (χ1n) is 6.61. The Morgan fingerprint density at radius 2 is 1.75 bits per heavy atom. The Morgan fingerprint density at radius 1 is 1.00 bits per heavy atom. The van der Waals surface area contributed by atoms with E-state index in [0.29, 0.717) is 0 Å². The first-order chi connectivity index (χ1) is 9.67. The molecule has 0 saturated heterocycles. The van der Waals surface area contributed by atoms with Gasteiger partial charge < -0.3 is 14.6 Å². The minimum Gasteiger partial charge on any atom is -0.387 e. The van der Waals surface area contributed by atoms with E-state index in [1.54, 1.807) is 0 Å². The van der Waals surface area contributed by atoms with Gasteiger partial charge in [0.1, 0.15) is 5.65 Å². The Bertz CT molecular complexity index is 726. The van der Waals surface area contributed by atoms with E-state index < -0.39 is 0 Å². The highest BCUT2D eigenvalue weighted by atomic mass is 15.1. The summed E-state index contributed by atoms with van der Waals surface area (Å²) in [6.07, 6.45) is 4.10. The van der Waals surface area contributed by atoms with Crippen LogP contribution in [0.15, 0.2) is 48.8 Å². The highest BCUT2D eigenvalue weighted by molar-refractivity contribution is 5.66. The molecule has 0 fully saturated rings. The van der Waals surface area contributed by atoms with Crippen molar-refractivity contribution >= 4 is 17.0 Å². The molecule has 0 aliphatic carbocycles. The number of aromatic nitrogens is 2. The molecule has 3 rings (SSSR count). The fourth-order valence-corrected chi connectivity index (χ4v) is 2.21. The molecule has 0 atom stereocenters. The number of nitrogens with one attached hydrogen (secondary N) is 1. The summed E-state index contributed by atoms with van der Waals surface area (Å²) < 4.78 is 2.04. The van der Waals surface area contributed by atoms with Crippen molar-refractivity contribution in [2.24, 2.45) is 0 Å². The third kappa shape index (κ3) is 2.20. The normalized spacial score (nSPS) is 10.8. The fraction of sp³-hybridized carbons (Fsp3) is 0.188. The van der Waals surface area contributed by atoms with Crippen molar-refractivity contribution in [2.75, 3.05) is 31.4 Å². The fourth-order valence-electron chi connectivity index (χ4n) is 2.21. The average molecular weight is 266 g/mol. The summed E-state index contributed by atoms with van der Waals surface area (Å²) in [5.41, 5.74) is 5.34. The van der Waals surface area contributed by atoms with Crippen molar-refractivity contribution in [3.05, 3.63) is 48.8 Å². The summed E-state index contributed by atoms with van der Waals surface area (Å²) in [6.45, 7) is 0. The molecule has 3 aromatic rings. The third-order valence-electron chi connectivity index (χ3n) is 3.42. The second-order valence-corrected chi connectivity index (χ2v) is 5.00. The molecule has 102 valence electrons. The molecule has 20 heavy (non-hydrogen) atoms. The van der Waals surface area contributed by atoms with Crippen LogP contribution in [0.5, 0.6) is 0 Å². The van der Waals surface area contributed by atoms with Gasteiger partial charge in [0.05, 0.1) is 11.4 Å². The van der Waals surface area contributed by atoms with Crippen LogP contribution in [0.4, 0.5) is 11.4 Å². The topological polar surface area (TPSA) is 32.6 Å². The predicted octanol–water partition coefficient (Wildman–Crippen LogP) is 3.11. The molecule has 0 bridgehead atoms. The van der Waals surface area contributed by atoms with Gasteiger partial charge in [-0.1, -0.05) is 12.1 Å². The standard InChI is InChI=1S/C16H18N4/c1-17-13-6-9-16-18-15(11-20(16)10-13)12-4-7-14(8-5-12)19(2)3/h4-11,17H,1-3H3. The highest BCUT2D eigenvalue weighted by Crippen LogP contribution is 2.23. The van der Waals surface area contributed by atoms with Crippen LogP contribution in [-0.4, -0.2) is 30.5 Å². The zero-order chi connectivity index (χ0) is 14.1. The Kier molecular flexibility index (Phi) is 3.06. The monoisotopic (exact) mass is 266 g/mol. The molecule has 4 heteroatoms. The smallest absolute Gasteiger partial charge is 0.137 e. The molecular formula is C16H18N4. The van der Waals surface area contributed by atoms with E-state index in [4.69, 9.17) is 0 Å². The zero-order valence-electron chi connectivity index (χ0n) is 12.0. The van der Waals surface area contributed by atoms with Gasteiger partial charge in [-0.05, 0) is 24.3 Å². The van der Waals surface area contributed by atoms with Gasteiger partial charge >= 0.3 is 0 Å². The molecule has 1 aromatic carbocycles. The molecule has 0 aliphatic heterocycles. The van der Waals surface area contributed by atoms with E-state index in [-0.39, 0.29) is 0 Å². The van der Waals surface area contributed by atoms with Gasteiger partial charge in [0.15, 0.2) is 0 Å². The Hall–Kier alpha value is -2.49. The van der Waals surface area contributed by atoms with Crippen LogP contribution in [0.3, 0.4) is 0 Å². The predicted molar refractivity (Wildman–Crippen MR) is 84.5 cm³/mol. The Labute approximate surface area is 118 Å². The summed E-state index contributed by atoms with van der Waals surface area (Å²) >= 11 is 0. The molecule has 0 amide bonds. The van der Waals surface area contributed by atoms with E-state index in [1.807, 2.05) is 43.9 Å². The minimum absolute atomic E-state index is 0.954. The van der Waals surface area contributed by atoms with E-state index >= 15 is 0 Å². The number of rotatable bonds is 3. The van der Waals surface area contributed by atoms with Crippen molar-refractivity contribution < 1.29 is 0 Å². The van der Waals surface area contributed by atoms with E-state index in [1.165, 1.54) is 5.69 Å². The van der Waals surface area contributed by atoms with Crippen molar-refractivity contribution in [3.63, 3.8) is 0 Å². The maximum Gasteiger partial charge on any atom is 0.137 e. The van der Waals surface area contributed by atoms with Crippen LogP contribution >= 0.6 is 0 Å². The van der Waals surface area contributed by atoms with Crippen LogP contribution in [0, 0.1) is 0 Å². The molecule has 1 N–H and O–H groups in total. The van der Waals surface area contributed by atoms with Crippen molar-refractivity contribution in [1.29, 1.82) is 0 Å². The lowest BCUT2D eigenvalue weighted by Gasteiger charge is -2.12. The van der Waals surface area contributed by atoms with Crippen LogP contribution in [0.1, 0.15) is 0 Å². The molecular weight excluding hydrogens is 248 g/mol. The van der Waals surface area contributed by atoms with Gasteiger partial charge in [-0.2, -0.15) is 0 Å². The summed E-state index contributed by atoms with van der Waals surface area (Å²) in [6, 6.07) is 12.5. The maximum absolute atomic E-state index is 4.65. The van der Waals surface area contributed by atoms with Crippen molar-refractivity contribution in [2.45, 2.75) is 0 Å². The van der Waals surface area contributed by atoms with E-state index in [2.05, 4.69) is 45.7 Å². The molecule has 0 radical (unpaired) electrons. The molecule has 0 spiro atoms. The Morgan fingerprint density at radius 3 is 2.40 bits per heavy atom. The van der Waals surface area contributed by atoms with E-state index in [0.717, 1.165) is 22.6 Å². The summed E-state index contributed by atoms with van der Waals surface area (Å²) in [7, 11) is 6.00. The third-order valence-corrected chi connectivity index (χ3v) is 3.42. The number of pyridine rings is 1. The number of nitrogens with zero attached hydrogens (tertiary/aromatic N) is 3. The van der Waals surface area contributed by atoms with Gasteiger partial charge in [0.2, 0.25) is 0 Å². The van der Waals surface area contributed by atoms with E-state index in [9.17, 15) is 0 Å². The maximum atomic E-state index is 4.65. The van der Waals surface area contributed by atoms with Crippen molar-refractivity contribution in [3.8, 4) is 11.3 Å². The molecule has 4 nitrogen and oxygen atoms in total. The summed E-state index contributed by atoms with van der Waals surface area (Å²) in [4.78, 5) is 6.74. The number of benzene rings is 1. The SMILES string of the molecule is CNc1ccc2nc(-c3ccc(N(C)C)cc3)cn2c1. The lowest BCUT2D eigenvalue weighted by atomic mass is 10.1. The van der Waals surface area contributed by atoms with Crippen molar-refractivity contribution in [1.82, 2.24) is 9.38 Å². The number of imidazole rings is 1. The second-order valence-electron chi connectivity index (χ2n) is 5.00. The molecule has 0 aliphatic rings. The number of fused-ring (bicyclic) bond motifs is 1. The number of hydrogen-bond acceptors (Lipinski definition) is 3. The first kappa shape index (κ1) is 12.5. The quantitative estimate of drug-likeness (QED) is 0.790. The lowest BCUT2D eigenvalue weighted by molar-refractivity contribution is 1.13. The second kappa shape index (κ2) is 4.89. The molecule has 0 unspecified atom stereocenters. The largest absolute Gasteiger partial charge is 0.387 e. The van der Waals surface area contributed by atoms with Crippen LogP contribution < -0.4 is 10.2 Å². The van der Waals surface area contributed by atoms with Gasteiger partial charge in [-0.25, -0.2) is 4.98 Å². The van der Waals surface area contributed by atoms with Gasteiger partial charge in [-0.3, -0.25) is 0 Å². The Balaban J connectivity index is 2.01. The number of anilines is 2. The zero-order valence-corrected chi connectivity index (χ0v) is 12.0. The molecule has 2 heterocycles. The average Bonchev–Trinajstić information content (AvgIpc) is 2.90. The van der Waals surface area contributed by atoms with Gasteiger partial charge in [-0.15, -0.1) is 0 Å². The van der Waals surface area contributed by atoms with Crippen LogP contribution in [0.25, 0.3) is 16.9 Å². The van der Waals surface area contributed by atoms with Crippen LogP contribution in [0.2, 0.25) is 0 Å². The number of hydrogen-bond donors (Lipinski definition) is 1. The molecule has 0 saturated carbocycles. The van der Waals surface area contributed by atoms with Gasteiger partial charge in [0, 0.05) is 44.8 Å². The lowest BCUT2D eigenvalue weighted by Crippen LogP contribution is -2.07. The highest BCUT2D eigenvalue weighted by Gasteiger charge is 2.05. The molecule has 2 aromatic heterocycles. The summed E-state index contributed by atoms with van der Waals surface area (Å²) in [5.74, 6) is 0. The van der Waals surface area contributed by atoms with Gasteiger partial charge in [0.25, 0.3) is 0 Å². The minimum atomic E-state index is 0.954. The first-order valence-corrected chi connectivity index (χ1v) is 6.61.